The molecule has 1 aliphatic heterocycles. The smallest absolute Gasteiger partial charge is 0.345 e. The number of likely N-dealkylation sites (tertiary alicyclic amines) is 1. The van der Waals surface area contributed by atoms with Crippen LogP contribution in [0.1, 0.15) is 43.1 Å². The molecule has 0 unspecified atom stereocenters. The second kappa shape index (κ2) is 10.1. The van der Waals surface area contributed by atoms with Crippen molar-refractivity contribution in [2.75, 3.05) is 25.0 Å². The van der Waals surface area contributed by atoms with Crippen LogP contribution in [0.4, 0.5) is 14.6 Å². The number of rotatable bonds is 10. The fourth-order valence-corrected chi connectivity index (χ4v) is 5.65. The van der Waals surface area contributed by atoms with E-state index in [1.54, 1.807) is 28.6 Å². The number of halogens is 2. The summed E-state index contributed by atoms with van der Waals surface area (Å²) in [4.78, 5) is 36.2. The number of hydrogen-bond acceptors (Lipinski definition) is 8. The third-order valence-corrected chi connectivity index (χ3v) is 7.77. The van der Waals surface area contributed by atoms with E-state index in [0.29, 0.717) is 36.2 Å². The normalized spacial score (nSPS) is 18.4. The number of aromatic nitrogens is 4. The van der Waals surface area contributed by atoms with Gasteiger partial charge in [-0.05, 0) is 38.5 Å². The van der Waals surface area contributed by atoms with Crippen molar-refractivity contribution >= 4 is 34.3 Å². The minimum atomic E-state index is -2.87. The summed E-state index contributed by atoms with van der Waals surface area (Å²) in [6, 6.07) is 1.07. The molecule has 4 heterocycles. The number of fused-ring (bicyclic) bond motifs is 1. The number of carbonyl (C=O) groups excluding carboxylic acids is 2. The van der Waals surface area contributed by atoms with E-state index >= 15 is 0 Å². The number of hydrogen-bond donors (Lipinski definition) is 2. The van der Waals surface area contributed by atoms with Gasteiger partial charge >= 0.3 is 6.61 Å². The van der Waals surface area contributed by atoms with Gasteiger partial charge in [0, 0.05) is 42.3 Å². The van der Waals surface area contributed by atoms with E-state index in [4.69, 9.17) is 0 Å². The molecule has 0 bridgehead atoms. The van der Waals surface area contributed by atoms with E-state index in [-0.39, 0.29) is 23.7 Å². The van der Waals surface area contributed by atoms with E-state index in [1.165, 1.54) is 11.3 Å². The van der Waals surface area contributed by atoms with E-state index in [9.17, 15) is 18.4 Å². The monoisotopic (exact) mass is 519 g/mol. The summed E-state index contributed by atoms with van der Waals surface area (Å²) in [6.45, 7) is -0.279. The van der Waals surface area contributed by atoms with Crippen LogP contribution in [0.3, 0.4) is 0 Å². The highest BCUT2D eigenvalue weighted by molar-refractivity contribution is 7.16. The second-order valence-electron chi connectivity index (χ2n) is 9.30. The van der Waals surface area contributed by atoms with Crippen LogP contribution in [0.2, 0.25) is 0 Å². The highest BCUT2D eigenvalue weighted by Gasteiger charge is 2.49. The largest absolute Gasteiger partial charge is 0.365 e. The van der Waals surface area contributed by atoms with Gasteiger partial charge in [0.05, 0.1) is 18.4 Å². The van der Waals surface area contributed by atoms with Gasteiger partial charge in [-0.1, -0.05) is 0 Å². The maximum atomic E-state index is 13.5. The first-order valence-electron chi connectivity index (χ1n) is 11.9. The SMILES string of the molecule is C[C@@H](COC(F)F)Nc1cc(C(=O)N2CCC(C3(NC=O)CC3)CC2)nc(-c2cnn3ccsc23)n1. The van der Waals surface area contributed by atoms with Gasteiger partial charge in [-0.2, -0.15) is 13.9 Å². The molecular weight excluding hydrogens is 492 g/mol. The molecule has 1 atom stereocenters. The van der Waals surface area contributed by atoms with Gasteiger partial charge in [0.1, 0.15) is 16.3 Å². The van der Waals surface area contributed by atoms with E-state index in [1.807, 2.05) is 11.6 Å². The lowest BCUT2D eigenvalue weighted by Crippen LogP contribution is -2.46. The van der Waals surface area contributed by atoms with Crippen molar-refractivity contribution in [3.63, 3.8) is 0 Å². The van der Waals surface area contributed by atoms with Gasteiger partial charge < -0.3 is 20.3 Å². The summed E-state index contributed by atoms with van der Waals surface area (Å²) in [5.74, 6) is 0.788. The maximum Gasteiger partial charge on any atom is 0.345 e. The minimum absolute atomic E-state index is 0.110. The summed E-state index contributed by atoms with van der Waals surface area (Å²) in [7, 11) is 0. The number of alkyl halides is 2. The summed E-state index contributed by atoms with van der Waals surface area (Å²) in [5, 5.41) is 12.2. The van der Waals surface area contributed by atoms with Crippen molar-refractivity contribution in [2.24, 2.45) is 5.92 Å². The summed E-state index contributed by atoms with van der Waals surface area (Å²) in [5.41, 5.74) is 0.778. The van der Waals surface area contributed by atoms with Gasteiger partial charge in [0.25, 0.3) is 5.91 Å². The Balaban J connectivity index is 1.37. The van der Waals surface area contributed by atoms with Crippen molar-refractivity contribution in [1.82, 2.24) is 29.8 Å². The van der Waals surface area contributed by atoms with Crippen LogP contribution >= 0.6 is 11.3 Å². The number of thiazole rings is 1. The Bertz CT molecular complexity index is 1240. The first kappa shape index (κ1) is 24.5. The number of anilines is 1. The van der Waals surface area contributed by atoms with Gasteiger partial charge in [-0.25, -0.2) is 14.5 Å². The Labute approximate surface area is 210 Å². The molecule has 36 heavy (non-hydrogen) atoms. The average molecular weight is 520 g/mol. The van der Waals surface area contributed by atoms with Crippen LogP contribution in [-0.2, 0) is 9.53 Å². The standard InChI is InChI=1S/C23H27F2N7O3S/c1-14(12-35-22(24)25)28-18-10-17(29-19(30-18)16-11-27-32-8-9-36-21(16)32)20(34)31-6-2-15(3-7-31)23(4-5-23)26-13-33/h8-11,13-15,22H,2-7,12H2,1H3,(H,26,33)(H,28,29,30)/t14-/m0/s1. The predicted molar refractivity (Wildman–Crippen MR) is 129 cm³/mol. The van der Waals surface area contributed by atoms with Crippen LogP contribution in [0.5, 0.6) is 0 Å². The van der Waals surface area contributed by atoms with Crippen LogP contribution in [0.25, 0.3) is 16.2 Å². The molecule has 2 amide bonds. The van der Waals surface area contributed by atoms with Gasteiger partial charge in [0.2, 0.25) is 6.41 Å². The molecule has 3 aromatic rings. The van der Waals surface area contributed by atoms with E-state index in [2.05, 4.69) is 30.4 Å². The van der Waals surface area contributed by atoms with Crippen molar-refractivity contribution in [3.05, 3.63) is 29.5 Å². The first-order chi connectivity index (χ1) is 17.4. The molecule has 2 fully saturated rings. The lowest BCUT2D eigenvalue weighted by atomic mass is 9.87. The quantitative estimate of drug-likeness (QED) is 0.396. The Morgan fingerprint density at radius 2 is 2.11 bits per heavy atom. The summed E-state index contributed by atoms with van der Waals surface area (Å²) >= 11 is 1.47. The van der Waals surface area contributed by atoms with Crippen molar-refractivity contribution in [3.8, 4) is 11.4 Å². The fourth-order valence-electron chi connectivity index (χ4n) is 4.86. The number of nitrogens with one attached hydrogen (secondary N) is 2. The third-order valence-electron chi connectivity index (χ3n) is 6.88. The Morgan fingerprint density at radius 3 is 2.81 bits per heavy atom. The molecule has 1 aliphatic carbocycles. The molecule has 0 aromatic carbocycles. The highest BCUT2D eigenvalue weighted by Crippen LogP contribution is 2.46. The molecule has 192 valence electrons. The maximum absolute atomic E-state index is 13.5. The number of ether oxygens (including phenoxy) is 1. The molecule has 10 nitrogen and oxygen atoms in total. The minimum Gasteiger partial charge on any atom is -0.365 e. The van der Waals surface area contributed by atoms with E-state index < -0.39 is 12.7 Å². The molecule has 5 rings (SSSR count). The van der Waals surface area contributed by atoms with Crippen LogP contribution in [0, 0.1) is 5.92 Å². The van der Waals surface area contributed by atoms with Crippen molar-refractivity contribution in [1.29, 1.82) is 0 Å². The van der Waals surface area contributed by atoms with Crippen molar-refractivity contribution in [2.45, 2.75) is 50.8 Å². The third kappa shape index (κ3) is 5.03. The zero-order valence-corrected chi connectivity index (χ0v) is 20.5. The molecule has 0 radical (unpaired) electrons. The summed E-state index contributed by atoms with van der Waals surface area (Å²) in [6.07, 6.45) is 7.79. The molecule has 13 heteroatoms. The lowest BCUT2D eigenvalue weighted by Gasteiger charge is -2.36. The number of nitrogens with zero attached hydrogens (tertiary/aromatic N) is 5. The van der Waals surface area contributed by atoms with E-state index in [0.717, 1.165) is 36.9 Å². The molecule has 0 spiro atoms. The summed E-state index contributed by atoms with van der Waals surface area (Å²) < 4.78 is 31.1. The first-order valence-corrected chi connectivity index (χ1v) is 12.7. The predicted octanol–water partition coefficient (Wildman–Crippen LogP) is 3.02. The van der Waals surface area contributed by atoms with Crippen molar-refractivity contribution < 1.29 is 23.1 Å². The fraction of sp³-hybridized carbons (Fsp3) is 0.522. The van der Waals surface area contributed by atoms with Crippen LogP contribution < -0.4 is 10.6 Å². The molecular formula is C23H27F2N7O3S. The molecule has 1 saturated carbocycles. The Hall–Kier alpha value is -3.19. The van der Waals surface area contributed by atoms with Gasteiger partial charge in [-0.15, -0.1) is 11.3 Å². The lowest BCUT2D eigenvalue weighted by molar-refractivity contribution is -0.130. The molecule has 3 aromatic heterocycles. The molecule has 2 N–H and O–H groups in total. The second-order valence-corrected chi connectivity index (χ2v) is 10.2. The zero-order valence-electron chi connectivity index (χ0n) is 19.7. The number of carbonyl (C=O) groups is 2. The molecule has 2 aliphatic rings. The Kier molecular flexibility index (Phi) is 6.84. The number of piperidine rings is 1. The van der Waals surface area contributed by atoms with Crippen LogP contribution in [-0.4, -0.2) is 74.7 Å². The Morgan fingerprint density at radius 1 is 1.33 bits per heavy atom. The zero-order chi connectivity index (χ0) is 25.3. The van der Waals surface area contributed by atoms with Crippen LogP contribution in [0.15, 0.2) is 23.8 Å². The average Bonchev–Trinajstić information content (AvgIpc) is 3.31. The van der Waals surface area contributed by atoms with Gasteiger partial charge in [-0.3, -0.25) is 9.59 Å². The van der Waals surface area contributed by atoms with Gasteiger partial charge in [0.15, 0.2) is 5.82 Å². The highest BCUT2D eigenvalue weighted by atomic mass is 32.1. The number of amides is 2. The topological polar surface area (TPSA) is 114 Å². The molecule has 1 saturated heterocycles.